The summed E-state index contributed by atoms with van der Waals surface area (Å²) in [6, 6.07) is 14.0. The number of aromatic nitrogens is 1. The van der Waals surface area contributed by atoms with E-state index in [0.29, 0.717) is 38.1 Å². The molecule has 0 aliphatic heterocycles. The van der Waals surface area contributed by atoms with E-state index in [4.69, 9.17) is 23.2 Å². The smallest absolute Gasteiger partial charge is 0.208 e. The van der Waals surface area contributed by atoms with E-state index in [1.165, 1.54) is 6.20 Å². The van der Waals surface area contributed by atoms with Crippen LogP contribution in [0.1, 0.15) is 0 Å². The molecule has 0 saturated carbocycles. The summed E-state index contributed by atoms with van der Waals surface area (Å²) < 4.78 is 53.6. The Balaban J connectivity index is 2.06. The van der Waals surface area contributed by atoms with Crippen molar-refractivity contribution in [3.05, 3.63) is 88.5 Å². The van der Waals surface area contributed by atoms with Crippen LogP contribution < -0.4 is 0 Å². The standard InChI is InChI=1S/C21H11Cl2F2NO2S/c22-13-3-1-12(2-4-13)21-16-7-5-14(23)9-19(16)26-11-20(21)29(27,28)15-6-8-17(24)18(25)10-15/h1-11H. The van der Waals surface area contributed by atoms with Gasteiger partial charge in [0.25, 0.3) is 0 Å². The molecule has 0 atom stereocenters. The molecule has 4 aromatic rings. The highest BCUT2D eigenvalue weighted by molar-refractivity contribution is 7.91. The maximum absolute atomic E-state index is 13.7. The van der Waals surface area contributed by atoms with E-state index in [0.717, 1.165) is 12.1 Å². The van der Waals surface area contributed by atoms with Crippen molar-refractivity contribution in [3.63, 3.8) is 0 Å². The van der Waals surface area contributed by atoms with Crippen LogP contribution in [0.2, 0.25) is 10.0 Å². The van der Waals surface area contributed by atoms with Crippen molar-refractivity contribution in [1.82, 2.24) is 4.98 Å². The summed E-state index contributed by atoms with van der Waals surface area (Å²) in [4.78, 5) is 3.71. The molecule has 1 heterocycles. The minimum absolute atomic E-state index is 0.138. The number of hydrogen-bond acceptors (Lipinski definition) is 3. The monoisotopic (exact) mass is 449 g/mol. The zero-order chi connectivity index (χ0) is 20.8. The molecule has 29 heavy (non-hydrogen) atoms. The highest BCUT2D eigenvalue weighted by Gasteiger charge is 2.25. The third-order valence-electron chi connectivity index (χ3n) is 4.42. The van der Waals surface area contributed by atoms with E-state index in [1.807, 2.05) is 0 Å². The molecule has 146 valence electrons. The Bertz CT molecular complexity index is 1360. The van der Waals surface area contributed by atoms with E-state index in [2.05, 4.69) is 4.98 Å². The van der Waals surface area contributed by atoms with E-state index >= 15 is 0 Å². The van der Waals surface area contributed by atoms with Crippen molar-refractivity contribution in [1.29, 1.82) is 0 Å². The average Bonchev–Trinajstić information content (AvgIpc) is 2.69. The van der Waals surface area contributed by atoms with Crippen molar-refractivity contribution >= 4 is 43.9 Å². The molecule has 0 fully saturated rings. The summed E-state index contributed by atoms with van der Waals surface area (Å²) >= 11 is 12.0. The van der Waals surface area contributed by atoms with Gasteiger partial charge in [-0.1, -0.05) is 41.4 Å². The van der Waals surface area contributed by atoms with Crippen LogP contribution >= 0.6 is 23.2 Å². The molecule has 0 bridgehead atoms. The predicted octanol–water partition coefficient (Wildman–Crippen LogP) is 6.32. The molecule has 0 saturated heterocycles. The summed E-state index contributed by atoms with van der Waals surface area (Å²) in [5, 5.41) is 1.48. The number of fused-ring (bicyclic) bond motifs is 1. The maximum Gasteiger partial charge on any atom is 0.208 e. The Morgan fingerprint density at radius 1 is 0.793 bits per heavy atom. The molecule has 0 aliphatic rings. The summed E-state index contributed by atoms with van der Waals surface area (Å²) in [6.07, 6.45) is 1.19. The fourth-order valence-electron chi connectivity index (χ4n) is 3.04. The summed E-state index contributed by atoms with van der Waals surface area (Å²) in [5.74, 6) is -2.38. The van der Waals surface area contributed by atoms with Gasteiger partial charge in [0, 0.05) is 27.2 Å². The topological polar surface area (TPSA) is 47.0 Å². The lowest BCUT2D eigenvalue weighted by molar-refractivity contribution is 0.504. The number of pyridine rings is 1. The molecular weight excluding hydrogens is 439 g/mol. The summed E-state index contributed by atoms with van der Waals surface area (Å²) in [7, 11) is -4.20. The molecule has 0 unspecified atom stereocenters. The van der Waals surface area contributed by atoms with Gasteiger partial charge < -0.3 is 0 Å². The highest BCUT2D eigenvalue weighted by atomic mass is 35.5. The van der Waals surface area contributed by atoms with Gasteiger partial charge in [0.2, 0.25) is 9.84 Å². The summed E-state index contributed by atoms with van der Waals surface area (Å²) in [6.45, 7) is 0. The second-order valence-electron chi connectivity index (χ2n) is 6.25. The van der Waals surface area contributed by atoms with E-state index in [1.54, 1.807) is 42.5 Å². The number of sulfone groups is 1. The zero-order valence-electron chi connectivity index (χ0n) is 14.5. The first-order valence-corrected chi connectivity index (χ1v) is 10.6. The van der Waals surface area contributed by atoms with Crippen LogP contribution in [0.4, 0.5) is 8.78 Å². The number of benzene rings is 3. The van der Waals surface area contributed by atoms with Gasteiger partial charge in [0.05, 0.1) is 15.3 Å². The van der Waals surface area contributed by atoms with Crippen molar-refractivity contribution < 1.29 is 17.2 Å². The van der Waals surface area contributed by atoms with E-state index in [-0.39, 0.29) is 9.79 Å². The van der Waals surface area contributed by atoms with Gasteiger partial charge in [-0.3, -0.25) is 4.98 Å². The Kier molecular flexibility index (Phi) is 5.02. The lowest BCUT2D eigenvalue weighted by atomic mass is 10.0. The molecule has 0 spiro atoms. The lowest BCUT2D eigenvalue weighted by Crippen LogP contribution is -2.06. The van der Waals surface area contributed by atoms with Gasteiger partial charge in [-0.15, -0.1) is 0 Å². The molecule has 0 aliphatic carbocycles. The first-order valence-electron chi connectivity index (χ1n) is 8.32. The SMILES string of the molecule is O=S(=O)(c1ccc(F)c(F)c1)c1cnc2cc(Cl)ccc2c1-c1ccc(Cl)cc1. The zero-order valence-corrected chi connectivity index (χ0v) is 16.9. The van der Waals surface area contributed by atoms with Gasteiger partial charge in [-0.05, 0) is 48.0 Å². The van der Waals surface area contributed by atoms with Crippen LogP contribution in [0.5, 0.6) is 0 Å². The largest absolute Gasteiger partial charge is 0.255 e. The second kappa shape index (κ2) is 7.37. The maximum atomic E-state index is 13.7. The molecule has 0 radical (unpaired) electrons. The van der Waals surface area contributed by atoms with Crippen molar-refractivity contribution in [3.8, 4) is 11.1 Å². The van der Waals surface area contributed by atoms with Crippen LogP contribution in [0.3, 0.4) is 0 Å². The fraction of sp³-hybridized carbons (Fsp3) is 0. The van der Waals surface area contributed by atoms with Crippen LogP contribution in [0.25, 0.3) is 22.0 Å². The molecular formula is C21H11Cl2F2NO2S. The average molecular weight is 450 g/mol. The number of rotatable bonds is 3. The third-order valence-corrected chi connectivity index (χ3v) is 6.67. The predicted molar refractivity (Wildman–Crippen MR) is 109 cm³/mol. The fourth-order valence-corrected chi connectivity index (χ4v) is 4.78. The molecule has 1 aromatic heterocycles. The van der Waals surface area contributed by atoms with Gasteiger partial charge in [-0.25, -0.2) is 17.2 Å². The van der Waals surface area contributed by atoms with Gasteiger partial charge in [0.15, 0.2) is 11.6 Å². The molecule has 3 nitrogen and oxygen atoms in total. The molecule has 3 aromatic carbocycles. The van der Waals surface area contributed by atoms with E-state index < -0.39 is 21.5 Å². The molecule has 8 heteroatoms. The minimum Gasteiger partial charge on any atom is -0.255 e. The minimum atomic E-state index is -4.20. The molecule has 0 N–H and O–H groups in total. The number of nitrogens with zero attached hydrogens (tertiary/aromatic N) is 1. The van der Waals surface area contributed by atoms with Crippen LogP contribution in [0.15, 0.2) is 76.7 Å². The van der Waals surface area contributed by atoms with Gasteiger partial charge in [-0.2, -0.15) is 0 Å². The Morgan fingerprint density at radius 2 is 1.48 bits per heavy atom. The lowest BCUT2D eigenvalue weighted by Gasteiger charge is -2.14. The normalized spacial score (nSPS) is 11.7. The van der Waals surface area contributed by atoms with Gasteiger partial charge in [0.1, 0.15) is 0 Å². The quantitative estimate of drug-likeness (QED) is 0.343. The first-order chi connectivity index (χ1) is 13.8. The Morgan fingerprint density at radius 3 is 2.17 bits per heavy atom. The van der Waals surface area contributed by atoms with Crippen LogP contribution in [0, 0.1) is 11.6 Å². The molecule has 4 rings (SSSR count). The Labute approximate surface area is 175 Å². The van der Waals surface area contributed by atoms with Crippen molar-refractivity contribution in [2.24, 2.45) is 0 Å². The van der Waals surface area contributed by atoms with Crippen LogP contribution in [-0.2, 0) is 9.84 Å². The third kappa shape index (κ3) is 3.59. The van der Waals surface area contributed by atoms with Gasteiger partial charge >= 0.3 is 0 Å². The van der Waals surface area contributed by atoms with Crippen molar-refractivity contribution in [2.45, 2.75) is 9.79 Å². The van der Waals surface area contributed by atoms with Crippen LogP contribution in [-0.4, -0.2) is 13.4 Å². The number of halogens is 4. The van der Waals surface area contributed by atoms with Crippen molar-refractivity contribution in [2.75, 3.05) is 0 Å². The second-order valence-corrected chi connectivity index (χ2v) is 9.04. The highest BCUT2D eigenvalue weighted by Crippen LogP contribution is 2.37. The number of hydrogen-bond donors (Lipinski definition) is 0. The summed E-state index contributed by atoms with van der Waals surface area (Å²) in [5.41, 5.74) is 1.44. The van der Waals surface area contributed by atoms with E-state index in [9.17, 15) is 17.2 Å². The molecule has 0 amide bonds. The Hall–Kier alpha value is -2.54. The first kappa shape index (κ1) is 19.8.